The number of hydrogen-bond acceptors (Lipinski definition) is 2. The molecule has 0 spiro atoms. The Bertz CT molecular complexity index is 579. The van der Waals surface area contributed by atoms with Gasteiger partial charge in [-0.2, -0.15) is 0 Å². The molecule has 5 nitrogen and oxygen atoms in total. The van der Waals surface area contributed by atoms with Gasteiger partial charge in [0.1, 0.15) is 0 Å². The van der Waals surface area contributed by atoms with Crippen LogP contribution < -0.4 is 5.32 Å². The van der Waals surface area contributed by atoms with Gasteiger partial charge >= 0.3 is 12.0 Å². The van der Waals surface area contributed by atoms with Gasteiger partial charge in [0.05, 0.1) is 12.0 Å². The molecule has 1 heterocycles. The van der Waals surface area contributed by atoms with Crippen molar-refractivity contribution in [3.05, 3.63) is 34.9 Å². The molecule has 3 atom stereocenters. The summed E-state index contributed by atoms with van der Waals surface area (Å²) >= 11 is 6.02. The number of carboxylic acid groups (broad SMARTS) is 1. The molecule has 2 N–H and O–H groups in total. The second-order valence-electron chi connectivity index (χ2n) is 6.25. The molecule has 1 fully saturated rings. The van der Waals surface area contributed by atoms with E-state index in [-0.39, 0.29) is 24.5 Å². The molecular weight excluding hydrogens is 316 g/mol. The summed E-state index contributed by atoms with van der Waals surface area (Å²) in [5.74, 6) is -1.14. The van der Waals surface area contributed by atoms with Crippen LogP contribution in [0.4, 0.5) is 4.79 Å². The molecule has 0 aliphatic carbocycles. The minimum atomic E-state index is -0.837. The molecule has 1 aliphatic rings. The lowest BCUT2D eigenvalue weighted by Crippen LogP contribution is -2.50. The van der Waals surface area contributed by atoms with Crippen LogP contribution in [0.1, 0.15) is 38.3 Å². The Morgan fingerprint density at radius 3 is 2.78 bits per heavy atom. The van der Waals surface area contributed by atoms with E-state index in [1.807, 2.05) is 32.0 Å². The Morgan fingerprint density at radius 2 is 2.17 bits per heavy atom. The Balaban J connectivity index is 2.05. The molecular formula is C17H23ClN2O3. The van der Waals surface area contributed by atoms with Crippen LogP contribution in [-0.4, -0.2) is 35.1 Å². The summed E-state index contributed by atoms with van der Waals surface area (Å²) in [5, 5.41) is 12.8. The summed E-state index contributed by atoms with van der Waals surface area (Å²) in [6.45, 7) is 4.81. The molecule has 6 heteroatoms. The van der Waals surface area contributed by atoms with E-state index in [0.29, 0.717) is 18.0 Å². The number of urea groups is 1. The maximum atomic E-state index is 12.5. The molecule has 2 amide bonds. The van der Waals surface area contributed by atoms with E-state index in [9.17, 15) is 14.7 Å². The van der Waals surface area contributed by atoms with Gasteiger partial charge in [0, 0.05) is 18.1 Å². The fourth-order valence-electron chi connectivity index (χ4n) is 3.08. The number of nitrogens with zero attached hydrogens (tertiary/aromatic N) is 1. The number of carboxylic acids is 1. The maximum Gasteiger partial charge on any atom is 0.317 e. The maximum absolute atomic E-state index is 12.5. The van der Waals surface area contributed by atoms with E-state index in [1.165, 1.54) is 0 Å². The minimum Gasteiger partial charge on any atom is -0.481 e. The molecule has 1 aromatic carbocycles. The Hall–Kier alpha value is -1.75. The quantitative estimate of drug-likeness (QED) is 0.882. The van der Waals surface area contributed by atoms with E-state index in [4.69, 9.17) is 11.6 Å². The van der Waals surface area contributed by atoms with Crippen LogP contribution in [0.25, 0.3) is 0 Å². The number of piperidine rings is 1. The number of halogens is 1. The zero-order valence-corrected chi connectivity index (χ0v) is 14.2. The van der Waals surface area contributed by atoms with Crippen LogP contribution in [0, 0.1) is 11.8 Å². The molecule has 0 aromatic heterocycles. The molecule has 1 aliphatic heterocycles. The van der Waals surface area contributed by atoms with Gasteiger partial charge in [0.2, 0.25) is 0 Å². The van der Waals surface area contributed by atoms with Crippen molar-refractivity contribution >= 4 is 23.6 Å². The third kappa shape index (κ3) is 4.61. The van der Waals surface area contributed by atoms with Gasteiger partial charge in [-0.25, -0.2) is 4.79 Å². The van der Waals surface area contributed by atoms with Gasteiger partial charge < -0.3 is 15.3 Å². The number of aliphatic carboxylic acids is 1. The minimum absolute atomic E-state index is 0.137. The van der Waals surface area contributed by atoms with Gasteiger partial charge in [-0.1, -0.05) is 37.6 Å². The monoisotopic (exact) mass is 338 g/mol. The highest BCUT2D eigenvalue weighted by Crippen LogP contribution is 2.24. The predicted molar refractivity (Wildman–Crippen MR) is 89.5 cm³/mol. The number of hydrogen-bond donors (Lipinski definition) is 2. The van der Waals surface area contributed by atoms with Gasteiger partial charge in [-0.3, -0.25) is 4.79 Å². The molecule has 0 saturated carbocycles. The molecule has 1 saturated heterocycles. The van der Waals surface area contributed by atoms with Crippen LogP contribution in [-0.2, 0) is 4.79 Å². The van der Waals surface area contributed by atoms with Crippen LogP contribution in [0.5, 0.6) is 0 Å². The highest BCUT2D eigenvalue weighted by molar-refractivity contribution is 6.30. The number of carbonyl (C=O) groups excluding carboxylic acids is 1. The molecule has 23 heavy (non-hydrogen) atoms. The van der Waals surface area contributed by atoms with Gasteiger partial charge in [0.25, 0.3) is 0 Å². The number of nitrogens with one attached hydrogen (secondary N) is 1. The van der Waals surface area contributed by atoms with E-state index in [0.717, 1.165) is 12.0 Å². The van der Waals surface area contributed by atoms with Crippen molar-refractivity contribution < 1.29 is 14.7 Å². The molecule has 0 radical (unpaired) electrons. The van der Waals surface area contributed by atoms with E-state index in [2.05, 4.69) is 5.32 Å². The van der Waals surface area contributed by atoms with Crippen molar-refractivity contribution in [3.8, 4) is 0 Å². The first kappa shape index (κ1) is 17.6. The summed E-state index contributed by atoms with van der Waals surface area (Å²) in [7, 11) is 0. The van der Waals surface area contributed by atoms with E-state index >= 15 is 0 Å². The zero-order valence-electron chi connectivity index (χ0n) is 13.5. The Kier molecular flexibility index (Phi) is 5.88. The lowest BCUT2D eigenvalue weighted by Gasteiger charge is -2.35. The number of likely N-dealkylation sites (tertiary alicyclic amines) is 1. The largest absolute Gasteiger partial charge is 0.481 e. The lowest BCUT2D eigenvalue weighted by atomic mass is 9.91. The summed E-state index contributed by atoms with van der Waals surface area (Å²) in [4.78, 5) is 25.4. The molecule has 0 bridgehead atoms. The first-order valence-electron chi connectivity index (χ1n) is 7.94. The Morgan fingerprint density at radius 1 is 1.43 bits per heavy atom. The van der Waals surface area contributed by atoms with Crippen molar-refractivity contribution in [2.24, 2.45) is 11.8 Å². The predicted octanol–water partition coefficient (Wildman–Crippen LogP) is 3.54. The first-order chi connectivity index (χ1) is 10.9. The summed E-state index contributed by atoms with van der Waals surface area (Å²) in [6, 6.07) is 7.07. The smallest absolute Gasteiger partial charge is 0.317 e. The van der Waals surface area contributed by atoms with Crippen molar-refractivity contribution in [2.75, 3.05) is 13.1 Å². The highest BCUT2D eigenvalue weighted by Gasteiger charge is 2.32. The topological polar surface area (TPSA) is 69.6 Å². The van der Waals surface area contributed by atoms with Crippen LogP contribution in [0.15, 0.2) is 24.3 Å². The van der Waals surface area contributed by atoms with E-state index < -0.39 is 11.9 Å². The number of carbonyl (C=O) groups is 2. The fourth-order valence-corrected chi connectivity index (χ4v) is 3.28. The number of rotatable bonds is 4. The standard InChI is InChI=1S/C17H23ClN2O3/c1-3-15(12-5-4-6-14(18)8-12)19-17(23)20-9-11(2)7-13(10-20)16(21)22/h4-6,8,11,13,15H,3,7,9-10H2,1-2H3,(H,19,23)(H,21,22). The van der Waals surface area contributed by atoms with Crippen LogP contribution in [0.3, 0.4) is 0 Å². The third-order valence-corrected chi connectivity index (χ3v) is 4.49. The van der Waals surface area contributed by atoms with E-state index in [1.54, 1.807) is 11.0 Å². The average molecular weight is 339 g/mol. The second-order valence-corrected chi connectivity index (χ2v) is 6.68. The van der Waals surface area contributed by atoms with Crippen molar-refractivity contribution in [3.63, 3.8) is 0 Å². The van der Waals surface area contributed by atoms with Crippen molar-refractivity contribution in [1.82, 2.24) is 10.2 Å². The average Bonchev–Trinajstić information content (AvgIpc) is 2.51. The fraction of sp³-hybridized carbons (Fsp3) is 0.529. The summed E-state index contributed by atoms with van der Waals surface area (Å²) in [5.41, 5.74) is 0.952. The SMILES string of the molecule is CCC(NC(=O)N1CC(C)CC(C(=O)O)C1)c1cccc(Cl)c1. The molecule has 126 valence electrons. The summed E-state index contributed by atoms with van der Waals surface area (Å²) < 4.78 is 0. The highest BCUT2D eigenvalue weighted by atomic mass is 35.5. The van der Waals surface area contributed by atoms with Crippen molar-refractivity contribution in [2.45, 2.75) is 32.7 Å². The number of amides is 2. The Labute approximate surface area is 141 Å². The number of benzene rings is 1. The van der Waals surface area contributed by atoms with Crippen molar-refractivity contribution in [1.29, 1.82) is 0 Å². The zero-order chi connectivity index (χ0) is 17.0. The second kappa shape index (κ2) is 7.68. The van der Waals surface area contributed by atoms with Crippen LogP contribution >= 0.6 is 11.6 Å². The lowest BCUT2D eigenvalue weighted by molar-refractivity contribution is -0.143. The molecule has 1 aromatic rings. The third-order valence-electron chi connectivity index (χ3n) is 4.25. The van der Waals surface area contributed by atoms with Gasteiger partial charge in [-0.05, 0) is 36.5 Å². The first-order valence-corrected chi connectivity index (χ1v) is 8.32. The molecule has 3 unspecified atom stereocenters. The van der Waals surface area contributed by atoms with Gasteiger partial charge in [0.15, 0.2) is 0 Å². The van der Waals surface area contributed by atoms with Crippen LogP contribution in [0.2, 0.25) is 5.02 Å². The summed E-state index contributed by atoms with van der Waals surface area (Å²) in [6.07, 6.45) is 1.35. The molecule has 2 rings (SSSR count). The normalized spacial score (nSPS) is 22.5. The van der Waals surface area contributed by atoms with Gasteiger partial charge in [-0.15, -0.1) is 0 Å².